The summed E-state index contributed by atoms with van der Waals surface area (Å²) in [4.78, 5) is 34.5. The van der Waals surface area contributed by atoms with Crippen LogP contribution >= 0.6 is 0 Å². The SMILES string of the molecule is CNC(=O)NC(=O)[C@H](C)OC(=O)[C@@H](C)Oc1cccc(C)c1. The van der Waals surface area contributed by atoms with Crippen molar-refractivity contribution in [2.75, 3.05) is 7.05 Å². The number of imide groups is 1. The number of hydrogen-bond acceptors (Lipinski definition) is 5. The van der Waals surface area contributed by atoms with Crippen molar-refractivity contribution < 1.29 is 23.9 Å². The van der Waals surface area contributed by atoms with Gasteiger partial charge in [-0.25, -0.2) is 9.59 Å². The maximum Gasteiger partial charge on any atom is 0.347 e. The number of nitrogens with one attached hydrogen (secondary N) is 2. The summed E-state index contributed by atoms with van der Waals surface area (Å²) in [6.45, 7) is 4.80. The molecule has 1 rings (SSSR count). The Bertz CT molecular complexity index is 559. The fourth-order valence-electron chi connectivity index (χ4n) is 1.54. The number of carbonyl (C=O) groups is 3. The standard InChI is InChI=1S/C15H20N2O5/c1-9-6-5-7-12(8-9)21-11(3)14(19)22-10(2)13(18)17-15(20)16-4/h5-8,10-11H,1-4H3,(H2,16,17,18,20)/t10-,11+/m0/s1. The van der Waals surface area contributed by atoms with E-state index in [1.54, 1.807) is 12.1 Å². The number of rotatable bonds is 5. The van der Waals surface area contributed by atoms with Crippen LogP contribution in [0.4, 0.5) is 4.79 Å². The van der Waals surface area contributed by atoms with Gasteiger partial charge in [0.05, 0.1) is 0 Å². The summed E-state index contributed by atoms with van der Waals surface area (Å²) in [5.74, 6) is -0.872. The van der Waals surface area contributed by atoms with Crippen LogP contribution in [0.5, 0.6) is 5.75 Å². The van der Waals surface area contributed by atoms with Crippen molar-refractivity contribution in [3.05, 3.63) is 29.8 Å². The summed E-state index contributed by atoms with van der Waals surface area (Å²) >= 11 is 0. The Morgan fingerprint density at radius 2 is 1.82 bits per heavy atom. The summed E-state index contributed by atoms with van der Waals surface area (Å²) in [6, 6.07) is 6.55. The highest BCUT2D eigenvalue weighted by Crippen LogP contribution is 2.14. The fourth-order valence-corrected chi connectivity index (χ4v) is 1.54. The molecule has 1 aromatic rings. The van der Waals surface area contributed by atoms with E-state index in [4.69, 9.17) is 9.47 Å². The first kappa shape index (κ1) is 17.5. The van der Waals surface area contributed by atoms with Crippen LogP contribution in [-0.4, -0.2) is 37.2 Å². The van der Waals surface area contributed by atoms with Crippen LogP contribution in [0.25, 0.3) is 0 Å². The molecule has 3 amide bonds. The monoisotopic (exact) mass is 308 g/mol. The maximum absolute atomic E-state index is 11.9. The Balaban J connectivity index is 2.53. The Hall–Kier alpha value is -2.57. The molecule has 0 bridgehead atoms. The number of aryl methyl sites for hydroxylation is 1. The van der Waals surface area contributed by atoms with Crippen molar-refractivity contribution in [3.8, 4) is 5.75 Å². The number of benzene rings is 1. The van der Waals surface area contributed by atoms with Crippen molar-refractivity contribution in [1.82, 2.24) is 10.6 Å². The second kappa shape index (κ2) is 8.02. The average molecular weight is 308 g/mol. The Morgan fingerprint density at radius 1 is 1.14 bits per heavy atom. The molecule has 2 atom stereocenters. The van der Waals surface area contributed by atoms with Crippen LogP contribution in [0.3, 0.4) is 0 Å². The lowest BCUT2D eigenvalue weighted by Crippen LogP contribution is -2.44. The van der Waals surface area contributed by atoms with E-state index in [9.17, 15) is 14.4 Å². The highest BCUT2D eigenvalue weighted by Gasteiger charge is 2.24. The molecule has 0 saturated carbocycles. The lowest BCUT2D eigenvalue weighted by Gasteiger charge is -2.17. The van der Waals surface area contributed by atoms with E-state index in [2.05, 4.69) is 5.32 Å². The topological polar surface area (TPSA) is 93.7 Å². The molecule has 0 aliphatic rings. The van der Waals surface area contributed by atoms with Gasteiger partial charge in [0.2, 0.25) is 0 Å². The maximum atomic E-state index is 11.9. The number of ether oxygens (including phenoxy) is 2. The van der Waals surface area contributed by atoms with Gasteiger partial charge in [0.1, 0.15) is 5.75 Å². The third kappa shape index (κ3) is 5.43. The molecule has 7 heteroatoms. The van der Waals surface area contributed by atoms with Gasteiger partial charge in [-0.3, -0.25) is 10.1 Å². The molecule has 0 aromatic heterocycles. The highest BCUT2D eigenvalue weighted by molar-refractivity contribution is 5.97. The molecule has 0 radical (unpaired) electrons. The normalized spacial score (nSPS) is 12.7. The van der Waals surface area contributed by atoms with Crippen LogP contribution in [0.2, 0.25) is 0 Å². The average Bonchev–Trinajstić information content (AvgIpc) is 2.46. The van der Waals surface area contributed by atoms with Crippen molar-refractivity contribution >= 4 is 17.9 Å². The lowest BCUT2D eigenvalue weighted by atomic mass is 10.2. The van der Waals surface area contributed by atoms with Gasteiger partial charge in [-0.2, -0.15) is 0 Å². The van der Waals surface area contributed by atoms with Gasteiger partial charge in [-0.1, -0.05) is 12.1 Å². The molecular formula is C15H20N2O5. The largest absolute Gasteiger partial charge is 0.479 e. The van der Waals surface area contributed by atoms with Crippen LogP contribution < -0.4 is 15.4 Å². The van der Waals surface area contributed by atoms with E-state index in [0.29, 0.717) is 5.75 Å². The molecule has 7 nitrogen and oxygen atoms in total. The minimum atomic E-state index is -1.10. The van der Waals surface area contributed by atoms with Gasteiger partial charge in [-0.15, -0.1) is 0 Å². The minimum Gasteiger partial charge on any atom is -0.479 e. The summed E-state index contributed by atoms with van der Waals surface area (Å²) in [5.41, 5.74) is 0.997. The first-order valence-corrected chi connectivity index (χ1v) is 6.80. The molecule has 0 saturated heterocycles. The zero-order chi connectivity index (χ0) is 16.7. The second-order valence-corrected chi connectivity index (χ2v) is 4.72. The number of carbonyl (C=O) groups excluding carboxylic acids is 3. The molecule has 1 aromatic carbocycles. The van der Waals surface area contributed by atoms with E-state index in [1.165, 1.54) is 20.9 Å². The minimum absolute atomic E-state index is 0.534. The molecule has 0 spiro atoms. The quantitative estimate of drug-likeness (QED) is 0.796. The third-order valence-corrected chi connectivity index (χ3v) is 2.76. The van der Waals surface area contributed by atoms with Gasteiger partial charge in [-0.05, 0) is 38.5 Å². The Labute approximate surface area is 129 Å². The van der Waals surface area contributed by atoms with Crippen LogP contribution in [-0.2, 0) is 14.3 Å². The second-order valence-electron chi connectivity index (χ2n) is 4.72. The highest BCUT2D eigenvalue weighted by atomic mass is 16.6. The molecular weight excluding hydrogens is 288 g/mol. The van der Waals surface area contributed by atoms with Gasteiger partial charge >= 0.3 is 12.0 Å². The van der Waals surface area contributed by atoms with Crippen molar-refractivity contribution in [2.24, 2.45) is 0 Å². The predicted octanol–water partition coefficient (Wildman–Crippen LogP) is 1.15. The summed E-state index contributed by atoms with van der Waals surface area (Å²) in [5, 5.41) is 4.25. The van der Waals surface area contributed by atoms with Gasteiger partial charge in [0.15, 0.2) is 12.2 Å². The van der Waals surface area contributed by atoms with Gasteiger partial charge < -0.3 is 14.8 Å². The zero-order valence-electron chi connectivity index (χ0n) is 13.0. The first-order valence-electron chi connectivity index (χ1n) is 6.80. The lowest BCUT2D eigenvalue weighted by molar-refractivity contribution is -0.160. The van der Waals surface area contributed by atoms with Crippen molar-refractivity contribution in [1.29, 1.82) is 0 Å². The molecule has 120 valence electrons. The zero-order valence-corrected chi connectivity index (χ0v) is 13.0. The Morgan fingerprint density at radius 3 is 2.41 bits per heavy atom. The molecule has 22 heavy (non-hydrogen) atoms. The summed E-state index contributed by atoms with van der Waals surface area (Å²) in [7, 11) is 1.37. The first-order chi connectivity index (χ1) is 10.3. The molecule has 0 aliphatic heterocycles. The van der Waals surface area contributed by atoms with Crippen molar-refractivity contribution in [2.45, 2.75) is 33.0 Å². The molecule has 0 heterocycles. The number of urea groups is 1. The van der Waals surface area contributed by atoms with E-state index in [1.807, 2.05) is 24.4 Å². The number of hydrogen-bond donors (Lipinski definition) is 2. The van der Waals surface area contributed by atoms with E-state index < -0.39 is 30.1 Å². The smallest absolute Gasteiger partial charge is 0.347 e. The van der Waals surface area contributed by atoms with Crippen LogP contribution in [0, 0.1) is 6.92 Å². The van der Waals surface area contributed by atoms with Crippen LogP contribution in [0.1, 0.15) is 19.4 Å². The van der Waals surface area contributed by atoms with E-state index in [0.717, 1.165) is 5.56 Å². The number of esters is 1. The van der Waals surface area contributed by atoms with Gasteiger partial charge in [0.25, 0.3) is 5.91 Å². The molecule has 0 aliphatic carbocycles. The molecule has 2 N–H and O–H groups in total. The van der Waals surface area contributed by atoms with Crippen molar-refractivity contribution in [3.63, 3.8) is 0 Å². The summed E-state index contributed by atoms with van der Waals surface area (Å²) in [6.07, 6.45) is -1.98. The van der Waals surface area contributed by atoms with E-state index >= 15 is 0 Å². The van der Waals surface area contributed by atoms with Crippen LogP contribution in [0.15, 0.2) is 24.3 Å². The number of amides is 3. The molecule has 0 unspecified atom stereocenters. The van der Waals surface area contributed by atoms with E-state index in [-0.39, 0.29) is 0 Å². The fraction of sp³-hybridized carbons (Fsp3) is 0.400. The Kier molecular flexibility index (Phi) is 6.37. The third-order valence-electron chi connectivity index (χ3n) is 2.76. The predicted molar refractivity (Wildman–Crippen MR) is 79.4 cm³/mol. The van der Waals surface area contributed by atoms with Gasteiger partial charge in [0, 0.05) is 7.05 Å². The summed E-state index contributed by atoms with van der Waals surface area (Å²) < 4.78 is 10.4. The molecule has 0 fully saturated rings.